The number of aromatic nitrogens is 3. The van der Waals surface area contributed by atoms with Crippen LogP contribution in [0.1, 0.15) is 6.23 Å². The lowest BCUT2D eigenvalue weighted by Gasteiger charge is -2.18. The summed E-state index contributed by atoms with van der Waals surface area (Å²) < 4.78 is 14.5. The summed E-state index contributed by atoms with van der Waals surface area (Å²) in [5.74, 6) is 0.622. The molecule has 6 rings (SSSR count). The Balaban J connectivity index is 1.61. The van der Waals surface area contributed by atoms with Crippen LogP contribution in [0.5, 0.6) is 0 Å². The molecular weight excluding hydrogens is 406 g/mol. The highest BCUT2D eigenvalue weighted by molar-refractivity contribution is 7.18. The van der Waals surface area contributed by atoms with Gasteiger partial charge in [-0.25, -0.2) is 9.97 Å². The van der Waals surface area contributed by atoms with Crippen LogP contribution < -0.4 is 0 Å². The lowest BCUT2D eigenvalue weighted by atomic mass is 10.1. The van der Waals surface area contributed by atoms with Gasteiger partial charge in [-0.05, 0) is 23.6 Å². The van der Waals surface area contributed by atoms with Gasteiger partial charge in [0, 0.05) is 5.39 Å². The zero-order chi connectivity index (χ0) is 20.4. The van der Waals surface area contributed by atoms with Crippen molar-refractivity contribution in [2.75, 3.05) is 6.61 Å². The molecule has 4 aromatic heterocycles. The molecule has 1 aliphatic heterocycles. The lowest BCUT2D eigenvalue weighted by molar-refractivity contribution is -0.0489. The fraction of sp³-hybridized carbons (Fsp3) is 0.238. The van der Waals surface area contributed by atoms with E-state index in [0.717, 1.165) is 26.6 Å². The van der Waals surface area contributed by atoms with Gasteiger partial charge in [0.1, 0.15) is 41.6 Å². The van der Waals surface area contributed by atoms with Crippen molar-refractivity contribution in [1.82, 2.24) is 14.5 Å². The Morgan fingerprint density at radius 2 is 1.97 bits per heavy atom. The minimum Gasteiger partial charge on any atom is -0.454 e. The first-order valence-corrected chi connectivity index (χ1v) is 10.4. The van der Waals surface area contributed by atoms with Gasteiger partial charge < -0.3 is 24.5 Å². The van der Waals surface area contributed by atoms with Crippen molar-refractivity contribution in [2.24, 2.45) is 0 Å². The van der Waals surface area contributed by atoms with Crippen molar-refractivity contribution in [3.8, 4) is 11.5 Å². The molecule has 0 amide bonds. The Labute approximate surface area is 173 Å². The predicted octanol–water partition coefficient (Wildman–Crippen LogP) is 2.67. The molecule has 1 aliphatic rings. The van der Waals surface area contributed by atoms with Crippen LogP contribution in [-0.2, 0) is 4.74 Å². The summed E-state index contributed by atoms with van der Waals surface area (Å²) in [6.07, 6.45) is -2.70. The Morgan fingerprint density at radius 3 is 2.77 bits per heavy atom. The van der Waals surface area contributed by atoms with E-state index in [4.69, 9.17) is 9.15 Å². The average molecular weight is 423 g/mol. The molecule has 0 bridgehead atoms. The van der Waals surface area contributed by atoms with E-state index in [9.17, 15) is 15.3 Å². The first kappa shape index (κ1) is 18.0. The fourth-order valence-corrected chi connectivity index (χ4v) is 5.12. The SMILES string of the molecule is OC[C@H]1O[C@@H](n2c3ccsc3c3c(-c4cc5ccccc5o4)ncnc32)[C@H](O)[C@@H]1O. The topological polar surface area (TPSA) is 114 Å². The smallest absolute Gasteiger partial charge is 0.165 e. The van der Waals surface area contributed by atoms with E-state index in [1.807, 2.05) is 41.8 Å². The van der Waals surface area contributed by atoms with E-state index in [-0.39, 0.29) is 6.61 Å². The van der Waals surface area contributed by atoms with Gasteiger partial charge in [0.15, 0.2) is 12.0 Å². The van der Waals surface area contributed by atoms with E-state index in [2.05, 4.69) is 9.97 Å². The summed E-state index contributed by atoms with van der Waals surface area (Å²) >= 11 is 1.53. The van der Waals surface area contributed by atoms with Crippen molar-refractivity contribution in [3.05, 3.63) is 48.1 Å². The molecule has 0 radical (unpaired) electrons. The second-order valence-electron chi connectivity index (χ2n) is 7.30. The quantitative estimate of drug-likeness (QED) is 0.409. The number of benzene rings is 1. The number of hydrogen-bond donors (Lipinski definition) is 3. The fourth-order valence-electron chi connectivity index (χ4n) is 4.20. The number of fused-ring (bicyclic) bond motifs is 4. The van der Waals surface area contributed by atoms with Crippen molar-refractivity contribution in [2.45, 2.75) is 24.5 Å². The number of rotatable bonds is 3. The zero-order valence-electron chi connectivity index (χ0n) is 15.5. The summed E-state index contributed by atoms with van der Waals surface area (Å²) in [6.45, 7) is -0.389. The maximum atomic E-state index is 10.6. The molecule has 0 spiro atoms. The maximum Gasteiger partial charge on any atom is 0.165 e. The number of aliphatic hydroxyl groups is 3. The van der Waals surface area contributed by atoms with Crippen LogP contribution in [0.3, 0.4) is 0 Å². The zero-order valence-corrected chi connectivity index (χ0v) is 16.4. The monoisotopic (exact) mass is 423 g/mol. The van der Waals surface area contributed by atoms with Crippen LogP contribution in [0.4, 0.5) is 0 Å². The largest absolute Gasteiger partial charge is 0.454 e. The first-order chi connectivity index (χ1) is 14.7. The van der Waals surface area contributed by atoms with Crippen molar-refractivity contribution >= 4 is 43.6 Å². The van der Waals surface area contributed by atoms with Crippen LogP contribution in [-0.4, -0.2) is 54.8 Å². The Bertz CT molecular complexity index is 1360. The standard InChI is InChI=1S/C21H17N3O5S/c25-8-14-17(26)18(27)21(29-14)24-11-5-6-30-19(11)15-16(22-9-23-20(15)24)13-7-10-3-1-2-4-12(10)28-13/h1-7,9,14,17-18,21,25-27H,8H2/t14-,17-,18-,21-/m1/s1. The van der Waals surface area contributed by atoms with E-state index in [1.165, 1.54) is 17.7 Å². The minimum atomic E-state index is -1.20. The molecule has 1 aromatic carbocycles. The van der Waals surface area contributed by atoms with Gasteiger partial charge in [0.05, 0.1) is 22.2 Å². The number of ether oxygens (including phenoxy) is 1. The van der Waals surface area contributed by atoms with E-state index in [1.54, 1.807) is 4.57 Å². The number of para-hydroxylation sites is 1. The first-order valence-electron chi connectivity index (χ1n) is 9.51. The number of aliphatic hydroxyl groups excluding tert-OH is 3. The third-order valence-electron chi connectivity index (χ3n) is 5.62. The summed E-state index contributed by atoms with van der Waals surface area (Å²) in [6, 6.07) is 11.6. The number of nitrogens with zero attached hydrogens (tertiary/aromatic N) is 3. The maximum absolute atomic E-state index is 10.6. The molecular formula is C21H17N3O5S. The summed E-state index contributed by atoms with van der Waals surface area (Å²) in [7, 11) is 0. The highest BCUT2D eigenvalue weighted by Crippen LogP contribution is 2.42. The molecule has 5 aromatic rings. The normalized spacial score (nSPS) is 24.5. The number of thiophene rings is 1. The summed E-state index contributed by atoms with van der Waals surface area (Å²) in [5.41, 5.74) is 2.79. The van der Waals surface area contributed by atoms with Crippen molar-refractivity contribution in [1.29, 1.82) is 0 Å². The van der Waals surface area contributed by atoms with Gasteiger partial charge in [-0.15, -0.1) is 11.3 Å². The second kappa shape index (κ2) is 6.59. The predicted molar refractivity (Wildman–Crippen MR) is 111 cm³/mol. The van der Waals surface area contributed by atoms with Gasteiger partial charge >= 0.3 is 0 Å². The Morgan fingerprint density at radius 1 is 1.10 bits per heavy atom. The van der Waals surface area contributed by atoms with Crippen molar-refractivity contribution in [3.63, 3.8) is 0 Å². The molecule has 1 saturated heterocycles. The van der Waals surface area contributed by atoms with Crippen LogP contribution in [0, 0.1) is 0 Å². The molecule has 1 fully saturated rings. The van der Waals surface area contributed by atoms with Gasteiger partial charge in [-0.1, -0.05) is 18.2 Å². The summed E-state index contributed by atoms with van der Waals surface area (Å²) in [5, 5.41) is 34.0. The third-order valence-corrected chi connectivity index (χ3v) is 6.54. The highest BCUT2D eigenvalue weighted by Gasteiger charge is 2.44. The average Bonchev–Trinajstić information content (AvgIpc) is 3.51. The molecule has 4 atom stereocenters. The molecule has 9 heteroatoms. The molecule has 0 saturated carbocycles. The van der Waals surface area contributed by atoms with E-state index < -0.39 is 24.5 Å². The van der Waals surface area contributed by atoms with Gasteiger partial charge in [-0.3, -0.25) is 4.57 Å². The van der Waals surface area contributed by atoms with Gasteiger partial charge in [-0.2, -0.15) is 0 Å². The number of hydrogen-bond acceptors (Lipinski definition) is 8. The van der Waals surface area contributed by atoms with Crippen LogP contribution in [0.2, 0.25) is 0 Å². The second-order valence-corrected chi connectivity index (χ2v) is 8.22. The van der Waals surface area contributed by atoms with Gasteiger partial charge in [0.2, 0.25) is 0 Å². The van der Waals surface area contributed by atoms with Crippen LogP contribution in [0.25, 0.3) is 43.7 Å². The summed E-state index contributed by atoms with van der Waals surface area (Å²) in [4.78, 5) is 8.97. The molecule has 5 heterocycles. The molecule has 0 unspecified atom stereocenters. The minimum absolute atomic E-state index is 0.389. The van der Waals surface area contributed by atoms with Crippen LogP contribution >= 0.6 is 11.3 Å². The van der Waals surface area contributed by atoms with Gasteiger partial charge in [0.25, 0.3) is 0 Å². The molecule has 8 nitrogen and oxygen atoms in total. The highest BCUT2D eigenvalue weighted by atomic mass is 32.1. The molecule has 30 heavy (non-hydrogen) atoms. The van der Waals surface area contributed by atoms with Crippen LogP contribution in [0.15, 0.2) is 52.5 Å². The van der Waals surface area contributed by atoms with E-state index >= 15 is 0 Å². The molecule has 0 aliphatic carbocycles. The molecule has 3 N–H and O–H groups in total. The lowest BCUT2D eigenvalue weighted by Crippen LogP contribution is -2.33. The Kier molecular flexibility index (Phi) is 3.95. The molecule has 152 valence electrons. The third kappa shape index (κ3) is 2.41. The van der Waals surface area contributed by atoms with Crippen molar-refractivity contribution < 1.29 is 24.5 Å². The number of furan rings is 1. The Hall–Kier alpha value is -2.82. The van der Waals surface area contributed by atoms with E-state index in [0.29, 0.717) is 17.1 Å².